The van der Waals surface area contributed by atoms with Crippen molar-refractivity contribution in [3.05, 3.63) is 34.5 Å². The Morgan fingerprint density at radius 3 is 2.92 bits per heavy atom. The number of halogens is 1. The third kappa shape index (κ3) is 5.09. The summed E-state index contributed by atoms with van der Waals surface area (Å²) in [6.07, 6.45) is 6.17. The van der Waals surface area contributed by atoms with Gasteiger partial charge in [0.2, 0.25) is 0 Å². The first-order valence-electron chi connectivity index (χ1n) is 8.88. The second kappa shape index (κ2) is 9.75. The fourth-order valence-corrected chi connectivity index (χ4v) is 2.88. The van der Waals surface area contributed by atoms with Crippen molar-refractivity contribution in [3.8, 4) is 0 Å². The van der Waals surface area contributed by atoms with E-state index in [0.717, 1.165) is 30.5 Å². The molecule has 1 unspecified atom stereocenters. The van der Waals surface area contributed by atoms with Crippen LogP contribution in [0, 0.1) is 0 Å². The van der Waals surface area contributed by atoms with Gasteiger partial charge in [-0.1, -0.05) is 37.9 Å². The van der Waals surface area contributed by atoms with Crippen LogP contribution in [0.5, 0.6) is 0 Å². The molecule has 1 heterocycles. The topological polar surface area (TPSA) is 102 Å². The van der Waals surface area contributed by atoms with Crippen LogP contribution in [0.25, 0.3) is 5.57 Å². The monoisotopic (exact) mass is 382 g/mol. The summed E-state index contributed by atoms with van der Waals surface area (Å²) in [5.74, 6) is 0.656. The van der Waals surface area contributed by atoms with Crippen LogP contribution < -0.4 is 11.1 Å². The van der Waals surface area contributed by atoms with Crippen LogP contribution in [0.4, 0.5) is 4.79 Å². The number of amides is 1. The molecule has 1 aliphatic rings. The number of carbonyl (C=O) groups excluding carboxylic acids is 1. The first kappa shape index (κ1) is 20.5. The summed E-state index contributed by atoms with van der Waals surface area (Å²) in [6.45, 7) is 4.71. The van der Waals surface area contributed by atoms with Gasteiger partial charge in [-0.3, -0.25) is 5.32 Å². The summed E-state index contributed by atoms with van der Waals surface area (Å²) >= 11 is 6.37. The average molecular weight is 383 g/mol. The molecule has 0 aromatic carbocycles. The Balaban J connectivity index is 2.28. The molecule has 2 atom stereocenters. The quantitative estimate of drug-likeness (QED) is 0.595. The van der Waals surface area contributed by atoms with Crippen molar-refractivity contribution in [1.29, 1.82) is 0 Å². The molecule has 0 saturated carbocycles. The molecule has 4 N–H and O–H groups in total. The number of H-pyrrole nitrogens is 1. The largest absolute Gasteiger partial charge is 0.453 e. The van der Waals surface area contributed by atoms with Gasteiger partial charge in [-0.25, -0.2) is 9.78 Å². The first-order chi connectivity index (χ1) is 12.5. The number of imidazole rings is 1. The highest BCUT2D eigenvalue weighted by Gasteiger charge is 2.27. The highest BCUT2D eigenvalue weighted by atomic mass is 35.5. The highest BCUT2D eigenvalue weighted by molar-refractivity contribution is 6.31. The lowest BCUT2D eigenvalue weighted by Crippen LogP contribution is -2.28. The Morgan fingerprint density at radius 2 is 2.27 bits per heavy atom. The molecular weight excluding hydrogens is 356 g/mol. The van der Waals surface area contributed by atoms with E-state index in [1.807, 2.05) is 19.1 Å². The Morgan fingerprint density at radius 1 is 1.50 bits per heavy atom. The number of aromatic amines is 1. The van der Waals surface area contributed by atoms with Crippen LogP contribution in [0.15, 0.2) is 17.8 Å². The molecule has 26 heavy (non-hydrogen) atoms. The molecule has 1 aromatic rings. The van der Waals surface area contributed by atoms with Gasteiger partial charge in [-0.2, -0.15) is 0 Å². The standard InChI is InChI=1S/C18H27ClN4O3/c1-4-6-9-26-14-10-11(21-18(24)25-3)7-8-12(14)15-16(19)23-17(22-15)13(20)5-2/h7-8,13-14H,4-6,9-10,20H2,1-3H3,(H,21,24)(H,22,23)/t13-,14?/m0/s1. The number of ether oxygens (including phenoxy) is 2. The normalized spacial score (nSPS) is 18.1. The lowest BCUT2D eigenvalue weighted by Gasteiger charge is -2.25. The van der Waals surface area contributed by atoms with Crippen molar-refractivity contribution < 1.29 is 14.3 Å². The third-order valence-corrected chi connectivity index (χ3v) is 4.50. The summed E-state index contributed by atoms with van der Waals surface area (Å²) < 4.78 is 10.7. The summed E-state index contributed by atoms with van der Waals surface area (Å²) in [5, 5.41) is 3.14. The van der Waals surface area contributed by atoms with Crippen molar-refractivity contribution in [3.63, 3.8) is 0 Å². The van der Waals surface area contributed by atoms with E-state index >= 15 is 0 Å². The smallest absolute Gasteiger partial charge is 0.411 e. The number of allylic oxidation sites excluding steroid dienone is 2. The van der Waals surface area contributed by atoms with E-state index in [1.165, 1.54) is 7.11 Å². The third-order valence-electron chi connectivity index (χ3n) is 4.22. The fourth-order valence-electron chi connectivity index (χ4n) is 2.63. The van der Waals surface area contributed by atoms with E-state index in [9.17, 15) is 4.79 Å². The zero-order valence-corrected chi connectivity index (χ0v) is 16.2. The number of hydrogen-bond acceptors (Lipinski definition) is 5. The zero-order chi connectivity index (χ0) is 19.1. The minimum atomic E-state index is -0.505. The maximum Gasteiger partial charge on any atom is 0.411 e. The molecule has 0 bridgehead atoms. The van der Waals surface area contributed by atoms with Gasteiger partial charge in [0, 0.05) is 24.3 Å². The van der Waals surface area contributed by atoms with Crippen molar-refractivity contribution in [2.24, 2.45) is 5.73 Å². The number of nitrogens with zero attached hydrogens (tertiary/aromatic N) is 1. The molecule has 0 radical (unpaired) electrons. The maximum absolute atomic E-state index is 11.5. The molecule has 0 fully saturated rings. The number of nitrogens with two attached hydrogens (primary N) is 1. The van der Waals surface area contributed by atoms with Crippen LogP contribution in [0.3, 0.4) is 0 Å². The summed E-state index contributed by atoms with van der Waals surface area (Å²) in [5.41, 5.74) is 8.28. The summed E-state index contributed by atoms with van der Waals surface area (Å²) in [6, 6.07) is -0.197. The van der Waals surface area contributed by atoms with Crippen LogP contribution >= 0.6 is 11.6 Å². The van der Waals surface area contributed by atoms with Crippen molar-refractivity contribution in [1.82, 2.24) is 15.3 Å². The Kier molecular flexibility index (Phi) is 7.68. The summed E-state index contributed by atoms with van der Waals surface area (Å²) in [7, 11) is 1.33. The summed E-state index contributed by atoms with van der Waals surface area (Å²) in [4.78, 5) is 19.1. The van der Waals surface area contributed by atoms with Crippen molar-refractivity contribution in [2.45, 2.75) is 51.7 Å². The van der Waals surface area contributed by atoms with E-state index in [4.69, 9.17) is 22.1 Å². The van der Waals surface area contributed by atoms with Crippen molar-refractivity contribution in [2.75, 3.05) is 13.7 Å². The molecule has 0 saturated heterocycles. The Labute approximate surface area is 159 Å². The zero-order valence-electron chi connectivity index (χ0n) is 15.5. The molecule has 0 aliphatic heterocycles. The van der Waals surface area contributed by atoms with Gasteiger partial charge < -0.3 is 20.2 Å². The van der Waals surface area contributed by atoms with Crippen LogP contribution in [-0.2, 0) is 9.47 Å². The second-order valence-corrected chi connectivity index (χ2v) is 6.52. The molecule has 8 heteroatoms. The number of alkyl carbamates (subject to hydrolysis) is 1. The molecule has 1 aliphatic carbocycles. The van der Waals surface area contributed by atoms with Crippen LogP contribution in [0.1, 0.15) is 57.1 Å². The number of rotatable bonds is 8. The van der Waals surface area contributed by atoms with E-state index in [0.29, 0.717) is 29.7 Å². The molecule has 1 amide bonds. The molecule has 1 aromatic heterocycles. The second-order valence-electron chi connectivity index (χ2n) is 6.15. The van der Waals surface area contributed by atoms with Gasteiger partial charge in [-0.05, 0) is 18.9 Å². The Hall–Kier alpha value is -1.83. The number of nitrogens with one attached hydrogen (secondary N) is 2. The molecule has 144 valence electrons. The number of hydrogen-bond donors (Lipinski definition) is 3. The molecule has 0 spiro atoms. The average Bonchev–Trinajstić information content (AvgIpc) is 3.03. The number of unbranched alkanes of at least 4 members (excludes halogenated alkanes) is 1. The van der Waals surface area contributed by atoms with E-state index in [-0.39, 0.29) is 12.1 Å². The first-order valence-corrected chi connectivity index (χ1v) is 9.26. The Bertz CT molecular complexity index is 684. The minimum Gasteiger partial charge on any atom is -0.453 e. The van der Waals surface area contributed by atoms with Gasteiger partial charge in [0.15, 0.2) is 0 Å². The van der Waals surface area contributed by atoms with Crippen LogP contribution in [0.2, 0.25) is 5.15 Å². The number of carbonyl (C=O) groups is 1. The van der Waals surface area contributed by atoms with Crippen molar-refractivity contribution >= 4 is 23.3 Å². The molecular formula is C18H27ClN4O3. The maximum atomic E-state index is 11.5. The predicted octanol–water partition coefficient (Wildman–Crippen LogP) is 3.69. The van der Waals surface area contributed by atoms with Crippen LogP contribution in [-0.4, -0.2) is 35.9 Å². The molecule has 7 nitrogen and oxygen atoms in total. The lowest BCUT2D eigenvalue weighted by atomic mass is 9.96. The fraction of sp³-hybridized carbons (Fsp3) is 0.556. The van der Waals surface area contributed by atoms with Gasteiger partial charge in [0.05, 0.1) is 19.3 Å². The minimum absolute atomic E-state index is 0.197. The SMILES string of the molecule is CCCCOC1CC(NC(=O)OC)=CC=C1c1nc([C@@H](N)CC)[nH]c1Cl. The predicted molar refractivity (Wildman–Crippen MR) is 102 cm³/mol. The van der Waals surface area contributed by atoms with Gasteiger partial charge in [-0.15, -0.1) is 0 Å². The number of methoxy groups -OCH3 is 1. The highest BCUT2D eigenvalue weighted by Crippen LogP contribution is 2.33. The van der Waals surface area contributed by atoms with E-state index in [2.05, 4.69) is 26.9 Å². The van der Waals surface area contributed by atoms with Gasteiger partial charge in [0.25, 0.3) is 0 Å². The molecule has 2 rings (SSSR count). The van der Waals surface area contributed by atoms with Gasteiger partial charge in [0.1, 0.15) is 16.7 Å². The lowest BCUT2D eigenvalue weighted by molar-refractivity contribution is 0.0872. The van der Waals surface area contributed by atoms with Gasteiger partial charge >= 0.3 is 6.09 Å². The number of aromatic nitrogens is 2. The van der Waals surface area contributed by atoms with E-state index < -0.39 is 6.09 Å². The van der Waals surface area contributed by atoms with E-state index in [1.54, 1.807) is 0 Å².